The Morgan fingerprint density at radius 2 is 2.07 bits per heavy atom. The van der Waals surface area contributed by atoms with Crippen molar-refractivity contribution in [2.75, 3.05) is 20.1 Å². The minimum atomic E-state index is -0.354. The third-order valence-electron chi connectivity index (χ3n) is 4.59. The van der Waals surface area contributed by atoms with Crippen LogP contribution in [0.5, 0.6) is 0 Å². The van der Waals surface area contributed by atoms with Gasteiger partial charge in [-0.1, -0.05) is 18.2 Å². The van der Waals surface area contributed by atoms with Gasteiger partial charge in [0.15, 0.2) is 5.76 Å². The largest absolute Gasteiger partial charge is 0.467 e. The van der Waals surface area contributed by atoms with Crippen LogP contribution in [-0.4, -0.2) is 42.7 Å². The van der Waals surface area contributed by atoms with Gasteiger partial charge in [0.1, 0.15) is 23.1 Å². The topological polar surface area (TPSA) is 100 Å². The van der Waals surface area contributed by atoms with Crippen LogP contribution in [0.1, 0.15) is 24.0 Å². The Morgan fingerprint density at radius 3 is 2.82 bits per heavy atom. The minimum absolute atomic E-state index is 0.0124. The first-order chi connectivity index (χ1) is 13.7. The summed E-state index contributed by atoms with van der Waals surface area (Å²) in [5, 5.41) is 12.2. The van der Waals surface area contributed by atoms with Gasteiger partial charge in [0.2, 0.25) is 5.91 Å². The van der Waals surface area contributed by atoms with Gasteiger partial charge in [-0.05, 0) is 24.3 Å². The molecule has 2 N–H and O–H groups in total. The summed E-state index contributed by atoms with van der Waals surface area (Å²) >= 11 is 0. The first-order valence-corrected chi connectivity index (χ1v) is 8.99. The number of furan rings is 2. The number of likely N-dealkylation sites (N-methyl/N-ethyl adjacent to an activating group) is 1. The molecule has 1 aliphatic rings. The number of amides is 2. The molecule has 1 atom stereocenters. The number of carbonyl (C=O) groups is 2. The van der Waals surface area contributed by atoms with E-state index >= 15 is 0 Å². The van der Waals surface area contributed by atoms with Gasteiger partial charge < -0.3 is 14.2 Å². The predicted octanol–water partition coefficient (Wildman–Crippen LogP) is 2.04. The predicted molar refractivity (Wildman–Crippen MR) is 103 cm³/mol. The molecule has 0 bridgehead atoms. The zero-order valence-corrected chi connectivity index (χ0v) is 15.3. The quantitative estimate of drug-likeness (QED) is 0.682. The van der Waals surface area contributed by atoms with Crippen molar-refractivity contribution in [2.45, 2.75) is 12.5 Å². The van der Waals surface area contributed by atoms with Gasteiger partial charge in [-0.25, -0.2) is 5.01 Å². The average Bonchev–Trinajstić information content (AvgIpc) is 3.45. The highest BCUT2D eigenvalue weighted by molar-refractivity contribution is 6.03. The van der Waals surface area contributed by atoms with E-state index in [9.17, 15) is 9.59 Å². The van der Waals surface area contributed by atoms with Crippen LogP contribution in [0.2, 0.25) is 0 Å². The maximum atomic E-state index is 12.7. The summed E-state index contributed by atoms with van der Waals surface area (Å²) in [7, 11) is 1.54. The monoisotopic (exact) mass is 380 g/mol. The summed E-state index contributed by atoms with van der Waals surface area (Å²) in [5.74, 6) is 0.834. The molecule has 0 saturated carbocycles. The number of fused-ring (bicyclic) bond motifs is 1. The molecule has 0 saturated heterocycles. The first-order valence-electron chi connectivity index (χ1n) is 8.99. The first kappa shape index (κ1) is 18.0. The lowest BCUT2D eigenvalue weighted by Gasteiger charge is -2.19. The molecule has 144 valence electrons. The molecule has 28 heavy (non-hydrogen) atoms. The van der Waals surface area contributed by atoms with Crippen LogP contribution < -0.4 is 10.6 Å². The van der Waals surface area contributed by atoms with E-state index in [4.69, 9.17) is 8.83 Å². The Kier molecular flexibility index (Phi) is 4.94. The number of hydrogen-bond donors (Lipinski definition) is 2. The Hall–Kier alpha value is -3.39. The number of hydrazone groups is 1. The minimum Gasteiger partial charge on any atom is -0.467 e. The lowest BCUT2D eigenvalue weighted by Crippen LogP contribution is -2.39. The van der Waals surface area contributed by atoms with Crippen molar-refractivity contribution < 1.29 is 18.4 Å². The van der Waals surface area contributed by atoms with Crippen molar-refractivity contribution in [3.8, 4) is 0 Å². The lowest BCUT2D eigenvalue weighted by molar-refractivity contribution is -0.132. The van der Waals surface area contributed by atoms with Crippen LogP contribution in [0.15, 0.2) is 62.7 Å². The smallest absolute Gasteiger partial charge is 0.257 e. The van der Waals surface area contributed by atoms with Gasteiger partial charge in [0.05, 0.1) is 19.4 Å². The molecule has 2 amide bonds. The molecule has 0 radical (unpaired) electrons. The van der Waals surface area contributed by atoms with Crippen LogP contribution in [0.25, 0.3) is 11.0 Å². The molecule has 1 aromatic carbocycles. The van der Waals surface area contributed by atoms with Gasteiger partial charge in [0, 0.05) is 18.9 Å². The molecule has 0 unspecified atom stereocenters. The van der Waals surface area contributed by atoms with E-state index in [1.165, 1.54) is 5.01 Å². The van der Waals surface area contributed by atoms with Crippen molar-refractivity contribution in [3.05, 3.63) is 60.2 Å². The number of carbonyl (C=O) groups excluding carboxylic acids is 2. The number of rotatable bonds is 6. The van der Waals surface area contributed by atoms with E-state index < -0.39 is 0 Å². The van der Waals surface area contributed by atoms with Gasteiger partial charge >= 0.3 is 0 Å². The zero-order chi connectivity index (χ0) is 19.5. The highest BCUT2D eigenvalue weighted by atomic mass is 16.3. The summed E-state index contributed by atoms with van der Waals surface area (Å²) in [6.07, 6.45) is 2.05. The number of hydrogen-bond acceptors (Lipinski definition) is 6. The summed E-state index contributed by atoms with van der Waals surface area (Å²) < 4.78 is 11.4. The van der Waals surface area contributed by atoms with Crippen molar-refractivity contribution in [1.82, 2.24) is 15.6 Å². The third-order valence-corrected chi connectivity index (χ3v) is 4.59. The van der Waals surface area contributed by atoms with Crippen molar-refractivity contribution in [2.24, 2.45) is 5.10 Å². The van der Waals surface area contributed by atoms with E-state index in [0.717, 1.165) is 11.0 Å². The van der Waals surface area contributed by atoms with E-state index in [1.54, 1.807) is 19.4 Å². The Morgan fingerprint density at radius 1 is 1.21 bits per heavy atom. The fourth-order valence-corrected chi connectivity index (χ4v) is 3.17. The molecule has 8 heteroatoms. The molecule has 2 aromatic heterocycles. The number of para-hydroxylation sites is 1. The second-order valence-corrected chi connectivity index (χ2v) is 6.45. The zero-order valence-electron chi connectivity index (χ0n) is 15.3. The van der Waals surface area contributed by atoms with E-state index in [1.807, 2.05) is 36.4 Å². The molecule has 3 aromatic rings. The van der Waals surface area contributed by atoms with Gasteiger partial charge in [-0.3, -0.25) is 14.9 Å². The third kappa shape index (κ3) is 3.54. The summed E-state index contributed by atoms with van der Waals surface area (Å²) in [6.45, 7) is 0.0448. The highest BCUT2D eigenvalue weighted by Crippen LogP contribution is 2.34. The van der Waals surface area contributed by atoms with Gasteiger partial charge in [0.25, 0.3) is 5.91 Å². The maximum Gasteiger partial charge on any atom is 0.257 e. The average molecular weight is 380 g/mol. The van der Waals surface area contributed by atoms with Crippen molar-refractivity contribution in [3.63, 3.8) is 0 Å². The number of benzene rings is 1. The van der Waals surface area contributed by atoms with Crippen LogP contribution in [-0.2, 0) is 9.59 Å². The molecule has 0 spiro atoms. The fraction of sp³-hybridized carbons (Fsp3) is 0.250. The Labute approximate surface area is 161 Å². The summed E-state index contributed by atoms with van der Waals surface area (Å²) in [6, 6.07) is 12.9. The summed E-state index contributed by atoms with van der Waals surface area (Å²) in [5.41, 5.74) is 1.45. The van der Waals surface area contributed by atoms with Gasteiger partial charge in [-0.2, -0.15) is 5.10 Å². The molecule has 1 aliphatic heterocycles. The van der Waals surface area contributed by atoms with Crippen LogP contribution in [0.3, 0.4) is 0 Å². The van der Waals surface area contributed by atoms with E-state index in [0.29, 0.717) is 23.7 Å². The van der Waals surface area contributed by atoms with Crippen LogP contribution in [0, 0.1) is 0 Å². The second kappa shape index (κ2) is 7.69. The molecular formula is C20H20N4O4. The molecule has 8 nitrogen and oxygen atoms in total. The SMILES string of the molecule is CNC(=O)CNCC(=O)N1N=C(c2cc3ccccc3o2)C[C@@H]1c1ccco1. The molecule has 3 heterocycles. The highest BCUT2D eigenvalue weighted by Gasteiger charge is 2.35. The standard InChI is InChI=1S/C20H20N4O4/c1-21-19(25)11-22-12-20(26)24-15(17-7-4-8-27-17)10-14(23-24)18-9-13-5-2-3-6-16(13)28-18/h2-9,15,22H,10-12H2,1H3,(H,21,25)/t15-/m1/s1. The molecule has 0 fully saturated rings. The van der Waals surface area contributed by atoms with Gasteiger partial charge in [-0.15, -0.1) is 0 Å². The molecule has 0 aliphatic carbocycles. The van der Waals surface area contributed by atoms with Crippen molar-refractivity contribution in [1.29, 1.82) is 0 Å². The Bertz CT molecular complexity index is 989. The van der Waals surface area contributed by atoms with Crippen molar-refractivity contribution >= 4 is 28.5 Å². The fourth-order valence-electron chi connectivity index (χ4n) is 3.17. The second-order valence-electron chi connectivity index (χ2n) is 6.45. The molecule has 4 rings (SSSR count). The lowest BCUT2D eigenvalue weighted by atomic mass is 10.1. The normalized spacial score (nSPS) is 16.4. The van der Waals surface area contributed by atoms with Crippen LogP contribution in [0.4, 0.5) is 0 Å². The van der Waals surface area contributed by atoms with Crippen LogP contribution >= 0.6 is 0 Å². The number of nitrogens with zero attached hydrogens (tertiary/aromatic N) is 2. The summed E-state index contributed by atoms with van der Waals surface area (Å²) in [4.78, 5) is 24.1. The molecular weight excluding hydrogens is 360 g/mol. The Balaban J connectivity index is 1.57. The van der Waals surface area contributed by atoms with E-state index in [2.05, 4.69) is 15.7 Å². The van der Waals surface area contributed by atoms with E-state index in [-0.39, 0.29) is 30.9 Å². The maximum absolute atomic E-state index is 12.7. The number of nitrogens with one attached hydrogen (secondary N) is 2.